The van der Waals surface area contributed by atoms with Crippen molar-refractivity contribution in [1.82, 2.24) is 0 Å². The topological polar surface area (TPSA) is 118 Å². The van der Waals surface area contributed by atoms with Gasteiger partial charge in [-0.3, -0.25) is 4.79 Å². The number of carbonyl (C=O) groups is 1. The van der Waals surface area contributed by atoms with E-state index in [1.807, 2.05) is 52.8 Å². The third-order valence-electron chi connectivity index (χ3n) is 6.93. The number of rotatable bonds is 8. The van der Waals surface area contributed by atoms with Crippen molar-refractivity contribution in [1.29, 1.82) is 0 Å². The molecular weight excluding hydrogens is 456 g/mol. The molecule has 0 bridgehead atoms. The zero-order chi connectivity index (χ0) is 26.8. The first-order valence-electron chi connectivity index (χ1n) is 12.1. The summed E-state index contributed by atoms with van der Waals surface area (Å²) < 4.78 is 0. The largest absolute Gasteiger partial charge is 0.507 e. The van der Waals surface area contributed by atoms with Gasteiger partial charge in [-0.15, -0.1) is 0 Å². The van der Waals surface area contributed by atoms with Crippen LogP contribution in [-0.2, 0) is 16.6 Å². The Morgan fingerprint density at radius 1 is 0.889 bits per heavy atom. The number of benzene rings is 2. The van der Waals surface area contributed by atoms with Crippen LogP contribution in [0.3, 0.4) is 0 Å². The van der Waals surface area contributed by atoms with Crippen molar-refractivity contribution < 1.29 is 30.3 Å². The van der Waals surface area contributed by atoms with Gasteiger partial charge in [0.25, 0.3) is 0 Å². The zero-order valence-electron chi connectivity index (χ0n) is 21.6. The van der Waals surface area contributed by atoms with Crippen LogP contribution in [-0.4, -0.2) is 44.5 Å². The van der Waals surface area contributed by atoms with Crippen LogP contribution in [0.5, 0.6) is 11.5 Å². The van der Waals surface area contributed by atoms with Gasteiger partial charge in [0.2, 0.25) is 0 Å². The molecule has 6 heteroatoms. The second-order valence-corrected chi connectivity index (χ2v) is 10.1. The van der Waals surface area contributed by atoms with E-state index in [2.05, 4.69) is 0 Å². The first-order chi connectivity index (χ1) is 17.0. The lowest BCUT2D eigenvalue weighted by atomic mass is 9.66. The van der Waals surface area contributed by atoms with Gasteiger partial charge in [-0.25, -0.2) is 0 Å². The summed E-state index contributed by atoms with van der Waals surface area (Å²) in [5.74, 6) is -1.03. The Hall–Kier alpha value is -3.35. The second-order valence-electron chi connectivity index (χ2n) is 10.1. The van der Waals surface area contributed by atoms with E-state index in [-0.39, 0.29) is 53.6 Å². The van der Waals surface area contributed by atoms with Gasteiger partial charge >= 0.3 is 0 Å². The second kappa shape index (κ2) is 10.7. The maximum Gasteiger partial charge on any atom is 0.170 e. The van der Waals surface area contributed by atoms with E-state index in [1.165, 1.54) is 0 Å². The molecule has 0 aromatic heterocycles. The molecule has 0 spiro atoms. The zero-order valence-corrected chi connectivity index (χ0v) is 21.6. The number of ketones is 1. The molecule has 0 saturated carbocycles. The maximum absolute atomic E-state index is 13.5. The molecule has 1 aliphatic carbocycles. The van der Waals surface area contributed by atoms with Gasteiger partial charge in [0, 0.05) is 11.6 Å². The molecule has 0 saturated heterocycles. The molecule has 6 nitrogen and oxygen atoms in total. The Kier molecular flexibility index (Phi) is 8.12. The molecule has 2 aromatic carbocycles. The number of carbonyl (C=O) groups excluding carboxylic acids is 1. The third kappa shape index (κ3) is 4.97. The average Bonchev–Trinajstić information content (AvgIpc) is 2.79. The van der Waals surface area contributed by atoms with Crippen molar-refractivity contribution in [2.24, 2.45) is 0 Å². The maximum atomic E-state index is 13.5. The van der Waals surface area contributed by atoms with Gasteiger partial charge in [-0.2, -0.15) is 0 Å². The lowest BCUT2D eigenvalue weighted by Crippen LogP contribution is -2.38. The summed E-state index contributed by atoms with van der Waals surface area (Å²) in [5.41, 5.74) is 3.38. The van der Waals surface area contributed by atoms with Crippen LogP contribution in [0.2, 0.25) is 0 Å². The Balaban J connectivity index is 2.39. The van der Waals surface area contributed by atoms with Crippen molar-refractivity contribution in [3.8, 4) is 11.5 Å². The van der Waals surface area contributed by atoms with Gasteiger partial charge in [0.1, 0.15) is 17.3 Å². The Labute approximate surface area is 212 Å². The van der Waals surface area contributed by atoms with Crippen LogP contribution >= 0.6 is 0 Å². The molecule has 192 valence electrons. The molecule has 1 aliphatic rings. The summed E-state index contributed by atoms with van der Waals surface area (Å²) in [7, 11) is 0. The number of phenolic OH excluding ortho intramolecular Hbond substituents is 2. The van der Waals surface area contributed by atoms with Gasteiger partial charge in [0.05, 0.1) is 29.6 Å². The fourth-order valence-corrected chi connectivity index (χ4v) is 4.76. The highest BCUT2D eigenvalue weighted by atomic mass is 16.3. The van der Waals surface area contributed by atoms with Crippen molar-refractivity contribution in [2.75, 3.05) is 13.2 Å². The average molecular weight is 493 g/mol. The van der Waals surface area contributed by atoms with Crippen LogP contribution in [0, 0.1) is 6.92 Å². The highest BCUT2D eigenvalue weighted by molar-refractivity contribution is 6.11. The van der Waals surface area contributed by atoms with E-state index in [4.69, 9.17) is 0 Å². The fourth-order valence-electron chi connectivity index (χ4n) is 4.76. The monoisotopic (exact) mass is 492 g/mol. The third-order valence-corrected chi connectivity index (χ3v) is 6.93. The quantitative estimate of drug-likeness (QED) is 0.313. The molecule has 0 radical (unpaired) electrons. The molecule has 0 aliphatic heterocycles. The number of aliphatic hydroxyl groups is 3. The molecule has 3 rings (SSSR count). The standard InChI is InChI=1S/C30H36O6/c1-17(2)6-7-22-19(5)12-21-13-23-27(29(36)26(21)28(22)35)24(33)14-25(34)30(23,10-8-18(3)4)11-9-20(15-31)16-32/h6,8-9,12-14,31-33,35-36H,7,10-11,15-16H2,1-5H3/t30-/m0/s1. The summed E-state index contributed by atoms with van der Waals surface area (Å²) in [5, 5.41) is 53.3. The van der Waals surface area contributed by atoms with Gasteiger partial charge in [0.15, 0.2) is 5.78 Å². The molecule has 0 fully saturated rings. The van der Waals surface area contributed by atoms with Gasteiger partial charge in [-0.05, 0) is 82.0 Å². The molecule has 2 aromatic rings. The van der Waals surface area contributed by atoms with E-state index < -0.39 is 5.41 Å². The van der Waals surface area contributed by atoms with Gasteiger partial charge < -0.3 is 25.5 Å². The predicted molar refractivity (Wildman–Crippen MR) is 143 cm³/mol. The minimum atomic E-state index is -1.18. The number of hydrogen-bond acceptors (Lipinski definition) is 6. The molecule has 36 heavy (non-hydrogen) atoms. The number of aromatic hydroxyl groups is 2. The predicted octanol–water partition coefficient (Wildman–Crippen LogP) is 5.44. The Bertz CT molecular complexity index is 1310. The minimum Gasteiger partial charge on any atom is -0.507 e. The summed E-state index contributed by atoms with van der Waals surface area (Å²) in [4.78, 5) is 13.5. The van der Waals surface area contributed by atoms with E-state index in [9.17, 15) is 30.3 Å². The highest BCUT2D eigenvalue weighted by Crippen LogP contribution is 2.50. The first kappa shape index (κ1) is 27.2. The first-order valence-corrected chi connectivity index (χ1v) is 12.1. The molecule has 0 heterocycles. The van der Waals surface area contributed by atoms with Crippen LogP contribution in [0.1, 0.15) is 62.8 Å². The van der Waals surface area contributed by atoms with E-state index in [1.54, 1.807) is 12.1 Å². The van der Waals surface area contributed by atoms with E-state index in [0.717, 1.165) is 22.8 Å². The fraction of sp³-hybridized carbons (Fsp3) is 0.367. The van der Waals surface area contributed by atoms with Crippen molar-refractivity contribution in [3.05, 3.63) is 75.4 Å². The van der Waals surface area contributed by atoms with Crippen LogP contribution in [0.25, 0.3) is 16.5 Å². The lowest BCUT2D eigenvalue weighted by molar-refractivity contribution is -0.120. The summed E-state index contributed by atoms with van der Waals surface area (Å²) >= 11 is 0. The summed E-state index contributed by atoms with van der Waals surface area (Å²) in [6.45, 7) is 8.99. The Morgan fingerprint density at radius 2 is 1.50 bits per heavy atom. The summed E-state index contributed by atoms with van der Waals surface area (Å²) in [6, 6.07) is 3.63. The van der Waals surface area contributed by atoms with E-state index >= 15 is 0 Å². The van der Waals surface area contributed by atoms with E-state index in [0.29, 0.717) is 34.9 Å². The lowest BCUT2D eigenvalue weighted by Gasteiger charge is -2.36. The number of fused-ring (bicyclic) bond motifs is 2. The van der Waals surface area contributed by atoms with Crippen molar-refractivity contribution in [3.63, 3.8) is 0 Å². The highest BCUT2D eigenvalue weighted by Gasteiger charge is 2.44. The normalized spacial score (nSPS) is 16.9. The molecule has 0 amide bonds. The number of aryl methyl sites for hydroxylation is 1. The smallest absolute Gasteiger partial charge is 0.170 e. The van der Waals surface area contributed by atoms with Crippen LogP contribution < -0.4 is 0 Å². The molecule has 5 N–H and O–H groups in total. The summed E-state index contributed by atoms with van der Waals surface area (Å²) in [6.07, 6.45) is 7.62. The Morgan fingerprint density at radius 3 is 2.08 bits per heavy atom. The minimum absolute atomic E-state index is 0.0508. The number of phenols is 2. The number of allylic oxidation sites excluding steroid dienone is 6. The van der Waals surface area contributed by atoms with Crippen LogP contribution in [0.15, 0.2) is 53.2 Å². The number of aliphatic hydroxyl groups excluding tert-OH is 3. The van der Waals surface area contributed by atoms with Crippen LogP contribution in [0.4, 0.5) is 0 Å². The van der Waals surface area contributed by atoms with Gasteiger partial charge in [-0.1, -0.05) is 35.4 Å². The van der Waals surface area contributed by atoms with Crippen molar-refractivity contribution in [2.45, 2.75) is 59.3 Å². The van der Waals surface area contributed by atoms with Crippen molar-refractivity contribution >= 4 is 22.3 Å². The number of hydrogen-bond donors (Lipinski definition) is 5. The SMILES string of the molecule is CC(C)=CCc1c(C)cc2cc3c(c(O)c2c1O)C(O)=CC(=O)[C@@]3(CC=C(C)C)CC=C(CO)CO. The molecule has 1 atom stereocenters. The molecule has 0 unspecified atom stereocenters. The molecular formula is C30H36O6.